The third-order valence-corrected chi connectivity index (χ3v) is 7.55. The van der Waals surface area contributed by atoms with E-state index >= 15 is 0 Å². The van der Waals surface area contributed by atoms with Gasteiger partial charge in [-0.3, -0.25) is 0 Å². The molecule has 7 heteroatoms. The van der Waals surface area contributed by atoms with Gasteiger partial charge >= 0.3 is 0 Å². The van der Waals surface area contributed by atoms with Gasteiger partial charge < -0.3 is 5.32 Å². The van der Waals surface area contributed by atoms with E-state index in [4.69, 9.17) is 0 Å². The van der Waals surface area contributed by atoms with Crippen molar-refractivity contribution in [1.29, 1.82) is 0 Å². The number of nitrogens with zero attached hydrogens (tertiary/aromatic N) is 1. The van der Waals surface area contributed by atoms with Crippen molar-refractivity contribution in [2.45, 2.75) is 36.8 Å². The van der Waals surface area contributed by atoms with Crippen LogP contribution in [-0.4, -0.2) is 39.4 Å². The van der Waals surface area contributed by atoms with Gasteiger partial charge in [-0.25, -0.2) is 8.42 Å². The van der Waals surface area contributed by atoms with E-state index in [-0.39, 0.29) is 12.4 Å². The zero-order chi connectivity index (χ0) is 14.6. The van der Waals surface area contributed by atoms with Gasteiger partial charge in [0.2, 0.25) is 0 Å². The quantitative estimate of drug-likeness (QED) is 0.856. The fraction of sp³-hybridized carbons (Fsp3) is 0.714. The number of halogens is 1. The molecule has 0 bridgehead atoms. The van der Waals surface area contributed by atoms with Crippen molar-refractivity contribution >= 4 is 33.8 Å². The second kappa shape index (κ2) is 8.48. The summed E-state index contributed by atoms with van der Waals surface area (Å²) >= 11 is 1.41. The maximum absolute atomic E-state index is 12.6. The number of aryl methyl sites for hydroxylation is 1. The molecule has 0 atom stereocenters. The van der Waals surface area contributed by atoms with Crippen LogP contribution >= 0.6 is 23.7 Å². The minimum Gasteiger partial charge on any atom is -0.320 e. The first-order valence-electron chi connectivity index (χ1n) is 7.31. The highest BCUT2D eigenvalue weighted by atomic mass is 35.5. The lowest BCUT2D eigenvalue weighted by Crippen LogP contribution is -2.38. The minimum absolute atomic E-state index is 0. The normalized spacial score (nSPS) is 17.6. The molecule has 1 fully saturated rings. The molecule has 0 aliphatic carbocycles. The van der Waals surface area contributed by atoms with E-state index in [1.54, 1.807) is 10.4 Å². The van der Waals surface area contributed by atoms with Crippen LogP contribution in [0.25, 0.3) is 0 Å². The number of sulfonamides is 1. The third-order valence-electron chi connectivity index (χ3n) is 3.96. The third kappa shape index (κ3) is 4.66. The first-order valence-corrected chi connectivity index (χ1v) is 9.57. The summed E-state index contributed by atoms with van der Waals surface area (Å²) in [5.41, 5.74) is 0. The average Bonchev–Trinajstić information content (AvgIpc) is 2.95. The van der Waals surface area contributed by atoms with E-state index < -0.39 is 10.0 Å². The molecule has 1 aromatic rings. The lowest BCUT2D eigenvalue weighted by Gasteiger charge is -2.30. The van der Waals surface area contributed by atoms with Gasteiger partial charge in [-0.15, -0.1) is 23.7 Å². The molecule has 0 radical (unpaired) electrons. The van der Waals surface area contributed by atoms with Crippen molar-refractivity contribution in [1.82, 2.24) is 9.62 Å². The van der Waals surface area contributed by atoms with Crippen molar-refractivity contribution in [3.63, 3.8) is 0 Å². The molecule has 0 amide bonds. The van der Waals surface area contributed by atoms with E-state index in [2.05, 4.69) is 12.2 Å². The van der Waals surface area contributed by atoms with Crippen molar-refractivity contribution < 1.29 is 8.42 Å². The molecule has 4 nitrogen and oxygen atoms in total. The highest BCUT2D eigenvalue weighted by Crippen LogP contribution is 2.29. The molecule has 0 aromatic carbocycles. The van der Waals surface area contributed by atoms with E-state index in [1.165, 1.54) is 11.3 Å². The van der Waals surface area contributed by atoms with Crippen LogP contribution in [0.2, 0.25) is 0 Å². The molecule has 1 N–H and O–H groups in total. The maximum Gasteiger partial charge on any atom is 0.252 e. The van der Waals surface area contributed by atoms with E-state index in [9.17, 15) is 8.42 Å². The Hall–Kier alpha value is -0.140. The molecule has 122 valence electrons. The van der Waals surface area contributed by atoms with Crippen molar-refractivity contribution in [3.05, 3.63) is 17.0 Å². The molecule has 2 rings (SSSR count). The largest absolute Gasteiger partial charge is 0.320 e. The van der Waals surface area contributed by atoms with Gasteiger partial charge in [-0.1, -0.05) is 6.92 Å². The van der Waals surface area contributed by atoms with Crippen molar-refractivity contribution in [2.75, 3.05) is 26.7 Å². The molecule has 1 aliphatic heterocycles. The molecule has 1 saturated heterocycles. The lowest BCUT2D eigenvalue weighted by atomic mass is 9.95. The maximum atomic E-state index is 12.6. The van der Waals surface area contributed by atoms with Gasteiger partial charge in [0.1, 0.15) is 4.21 Å². The predicted octanol–water partition coefficient (Wildman–Crippen LogP) is 2.74. The number of thiophene rings is 1. The van der Waals surface area contributed by atoms with Gasteiger partial charge in [-0.05, 0) is 57.3 Å². The molecule has 0 unspecified atom stereocenters. The fourth-order valence-electron chi connectivity index (χ4n) is 2.60. The van der Waals surface area contributed by atoms with Crippen LogP contribution in [0.5, 0.6) is 0 Å². The zero-order valence-corrected chi connectivity index (χ0v) is 15.1. The zero-order valence-electron chi connectivity index (χ0n) is 12.7. The Balaban J connectivity index is 0.00000220. The highest BCUT2D eigenvalue weighted by molar-refractivity contribution is 7.91. The molecule has 1 aliphatic rings. The smallest absolute Gasteiger partial charge is 0.252 e. The van der Waals surface area contributed by atoms with Crippen LogP contribution < -0.4 is 5.32 Å². The summed E-state index contributed by atoms with van der Waals surface area (Å²) in [6.07, 6.45) is 4.00. The molecular weight excluding hydrogens is 328 g/mol. The number of piperidine rings is 1. The van der Waals surface area contributed by atoms with Crippen LogP contribution in [-0.2, 0) is 16.4 Å². The van der Waals surface area contributed by atoms with Crippen LogP contribution in [0.4, 0.5) is 0 Å². The molecule has 1 aromatic heterocycles. The van der Waals surface area contributed by atoms with E-state index in [0.717, 1.165) is 37.1 Å². The number of hydrogen-bond donors (Lipinski definition) is 1. The van der Waals surface area contributed by atoms with Gasteiger partial charge in [0.05, 0.1) is 0 Å². The second-order valence-electron chi connectivity index (χ2n) is 5.31. The van der Waals surface area contributed by atoms with Gasteiger partial charge in [-0.2, -0.15) is 4.31 Å². The standard InChI is InChI=1S/C14H24N2O2S2.ClH/c1-3-13-4-5-14(19-13)20(17,18)16-10-7-12(8-11-16)6-9-15-2;/h4-5,12,15H,3,6-11H2,1-2H3;1H. The van der Waals surface area contributed by atoms with Gasteiger partial charge in [0.15, 0.2) is 0 Å². The number of hydrogen-bond acceptors (Lipinski definition) is 4. The summed E-state index contributed by atoms with van der Waals surface area (Å²) in [6, 6.07) is 3.68. The van der Waals surface area contributed by atoms with Crippen LogP contribution in [0.3, 0.4) is 0 Å². The van der Waals surface area contributed by atoms with Crippen LogP contribution in [0.15, 0.2) is 16.3 Å². The molecule has 21 heavy (non-hydrogen) atoms. The molecule has 2 heterocycles. The Kier molecular flexibility index (Phi) is 7.64. The summed E-state index contributed by atoms with van der Waals surface area (Å²) < 4.78 is 27.3. The monoisotopic (exact) mass is 352 g/mol. The highest BCUT2D eigenvalue weighted by Gasteiger charge is 2.30. The van der Waals surface area contributed by atoms with E-state index in [0.29, 0.717) is 23.2 Å². The molecule has 0 spiro atoms. The van der Waals surface area contributed by atoms with E-state index in [1.807, 2.05) is 13.1 Å². The Bertz CT molecular complexity index is 523. The Morgan fingerprint density at radius 1 is 1.33 bits per heavy atom. The predicted molar refractivity (Wildman–Crippen MR) is 91.0 cm³/mol. The van der Waals surface area contributed by atoms with Crippen molar-refractivity contribution in [2.24, 2.45) is 5.92 Å². The average molecular weight is 353 g/mol. The topological polar surface area (TPSA) is 49.4 Å². The van der Waals surface area contributed by atoms with Gasteiger partial charge in [0.25, 0.3) is 10.0 Å². The molecule has 0 saturated carbocycles. The summed E-state index contributed by atoms with van der Waals surface area (Å²) in [6.45, 7) is 4.39. The van der Waals surface area contributed by atoms with Crippen molar-refractivity contribution in [3.8, 4) is 0 Å². The number of nitrogens with one attached hydrogen (secondary N) is 1. The Morgan fingerprint density at radius 2 is 2.00 bits per heavy atom. The lowest BCUT2D eigenvalue weighted by molar-refractivity contribution is 0.263. The number of rotatable bonds is 6. The summed E-state index contributed by atoms with van der Waals surface area (Å²) in [7, 11) is -1.30. The summed E-state index contributed by atoms with van der Waals surface area (Å²) in [5, 5.41) is 3.16. The molecular formula is C14H25ClN2O2S2. The fourth-order valence-corrected chi connectivity index (χ4v) is 5.52. The summed E-state index contributed by atoms with van der Waals surface area (Å²) in [4.78, 5) is 1.13. The van der Waals surface area contributed by atoms with Crippen LogP contribution in [0, 0.1) is 5.92 Å². The minimum atomic E-state index is -3.26. The Labute approximate surface area is 138 Å². The second-order valence-corrected chi connectivity index (χ2v) is 8.65. The summed E-state index contributed by atoms with van der Waals surface area (Å²) in [5.74, 6) is 0.656. The first kappa shape index (κ1) is 18.9. The first-order chi connectivity index (χ1) is 9.57. The SMILES string of the molecule is CCc1ccc(S(=O)(=O)N2CCC(CCNC)CC2)s1.Cl. The Morgan fingerprint density at radius 3 is 2.52 bits per heavy atom. The van der Waals surface area contributed by atoms with Gasteiger partial charge in [0, 0.05) is 18.0 Å². The van der Waals surface area contributed by atoms with Crippen LogP contribution in [0.1, 0.15) is 31.1 Å².